The number of hydrogen-bond donors (Lipinski definition) is 0. The van der Waals surface area contributed by atoms with Crippen LogP contribution < -0.4 is 0 Å². The average Bonchev–Trinajstić information content (AvgIpc) is 2.95. The van der Waals surface area contributed by atoms with Crippen molar-refractivity contribution in [3.05, 3.63) is 30.2 Å². The van der Waals surface area contributed by atoms with Gasteiger partial charge in [0.15, 0.2) is 5.69 Å². The van der Waals surface area contributed by atoms with E-state index in [1.807, 2.05) is 19.1 Å². The molecular weight excluding hydrogens is 272 g/mol. The fraction of sp³-hybridized carbons (Fsp3) is 0.429. The highest BCUT2D eigenvalue weighted by molar-refractivity contribution is 5.93. The second kappa shape index (κ2) is 7.49. The first kappa shape index (κ1) is 15.1. The monoisotopic (exact) mass is 290 g/mol. The maximum Gasteiger partial charge on any atom is 0.360 e. The highest BCUT2D eigenvalue weighted by Gasteiger charge is 2.21. The largest absolute Gasteiger partial charge is 0.464 e. The van der Waals surface area contributed by atoms with E-state index in [0.29, 0.717) is 25.5 Å². The predicted octanol–water partition coefficient (Wildman–Crippen LogP) is 1.55. The number of rotatable bonds is 7. The second-order valence-corrected chi connectivity index (χ2v) is 4.29. The van der Waals surface area contributed by atoms with Gasteiger partial charge in [-0.25, -0.2) is 9.48 Å². The predicted molar refractivity (Wildman–Crippen MR) is 75.7 cm³/mol. The number of carbonyl (C=O) groups is 1. The molecule has 0 aliphatic carbocycles. The Labute approximate surface area is 122 Å². The number of aryl methyl sites for hydroxylation is 1. The van der Waals surface area contributed by atoms with Gasteiger partial charge in [-0.15, -0.1) is 5.10 Å². The number of aromatic nitrogens is 4. The summed E-state index contributed by atoms with van der Waals surface area (Å²) in [5, 5.41) is 7.99. The first-order chi connectivity index (χ1) is 10.3. The molecule has 0 radical (unpaired) electrons. The Morgan fingerprint density at radius 3 is 2.76 bits per heavy atom. The van der Waals surface area contributed by atoms with Gasteiger partial charge >= 0.3 is 5.97 Å². The second-order valence-electron chi connectivity index (χ2n) is 4.29. The number of esters is 1. The van der Waals surface area contributed by atoms with E-state index in [9.17, 15) is 4.79 Å². The quantitative estimate of drug-likeness (QED) is 0.568. The standard InChI is InChI=1S/C14H18N4O3/c1-3-21-10-4-9-18-13(11-5-7-15-8-6-11)12(16-17-18)14(19)20-2/h5-8H,3-4,9-10H2,1-2H3. The molecule has 0 amide bonds. The van der Waals surface area contributed by atoms with Crippen LogP contribution in [0, 0.1) is 0 Å². The summed E-state index contributed by atoms with van der Waals surface area (Å²) in [7, 11) is 1.33. The van der Waals surface area contributed by atoms with Crippen molar-refractivity contribution in [2.24, 2.45) is 0 Å². The molecule has 0 aliphatic rings. The molecule has 0 unspecified atom stereocenters. The van der Waals surface area contributed by atoms with Crippen molar-refractivity contribution in [3.8, 4) is 11.3 Å². The van der Waals surface area contributed by atoms with Crippen LogP contribution in [0.25, 0.3) is 11.3 Å². The SMILES string of the molecule is CCOCCCn1nnc(C(=O)OC)c1-c1ccncc1. The van der Waals surface area contributed by atoms with Crippen LogP contribution in [-0.2, 0) is 16.0 Å². The van der Waals surface area contributed by atoms with E-state index in [2.05, 4.69) is 15.3 Å². The molecular formula is C14H18N4O3. The highest BCUT2D eigenvalue weighted by atomic mass is 16.5. The normalized spacial score (nSPS) is 10.6. The van der Waals surface area contributed by atoms with Gasteiger partial charge in [-0.1, -0.05) is 5.21 Å². The van der Waals surface area contributed by atoms with Crippen LogP contribution in [0.3, 0.4) is 0 Å². The summed E-state index contributed by atoms with van der Waals surface area (Å²) >= 11 is 0. The summed E-state index contributed by atoms with van der Waals surface area (Å²) in [5.41, 5.74) is 1.67. The van der Waals surface area contributed by atoms with Gasteiger partial charge in [0.25, 0.3) is 0 Å². The van der Waals surface area contributed by atoms with Crippen molar-refractivity contribution in [1.29, 1.82) is 0 Å². The van der Waals surface area contributed by atoms with Gasteiger partial charge in [-0.05, 0) is 25.5 Å². The summed E-state index contributed by atoms with van der Waals surface area (Å²) < 4.78 is 11.8. The lowest BCUT2D eigenvalue weighted by atomic mass is 10.1. The first-order valence-electron chi connectivity index (χ1n) is 6.77. The minimum Gasteiger partial charge on any atom is -0.464 e. The molecule has 2 rings (SSSR count). The number of methoxy groups -OCH3 is 1. The number of ether oxygens (including phenoxy) is 2. The number of carbonyl (C=O) groups excluding carboxylic acids is 1. The summed E-state index contributed by atoms with van der Waals surface area (Å²) in [6.45, 7) is 3.89. The fourth-order valence-electron chi connectivity index (χ4n) is 1.96. The zero-order valence-corrected chi connectivity index (χ0v) is 12.2. The molecule has 0 saturated carbocycles. The Kier molecular flexibility index (Phi) is 5.39. The summed E-state index contributed by atoms with van der Waals surface area (Å²) in [4.78, 5) is 15.8. The molecule has 2 aromatic rings. The molecule has 7 nitrogen and oxygen atoms in total. The highest BCUT2D eigenvalue weighted by Crippen LogP contribution is 2.22. The van der Waals surface area contributed by atoms with Crippen LogP contribution in [0.2, 0.25) is 0 Å². The molecule has 2 aromatic heterocycles. The molecule has 0 N–H and O–H groups in total. The lowest BCUT2D eigenvalue weighted by Crippen LogP contribution is -2.08. The third-order valence-corrected chi connectivity index (χ3v) is 2.93. The lowest BCUT2D eigenvalue weighted by molar-refractivity contribution is 0.0595. The van der Waals surface area contributed by atoms with Crippen LogP contribution in [0.15, 0.2) is 24.5 Å². The number of hydrogen-bond acceptors (Lipinski definition) is 6. The lowest BCUT2D eigenvalue weighted by Gasteiger charge is -2.07. The van der Waals surface area contributed by atoms with Crippen LogP contribution in [0.4, 0.5) is 0 Å². The molecule has 112 valence electrons. The third-order valence-electron chi connectivity index (χ3n) is 2.93. The van der Waals surface area contributed by atoms with Crippen molar-refractivity contribution in [1.82, 2.24) is 20.0 Å². The van der Waals surface area contributed by atoms with Crippen molar-refractivity contribution < 1.29 is 14.3 Å². The Morgan fingerprint density at radius 2 is 2.10 bits per heavy atom. The molecule has 0 aromatic carbocycles. The Morgan fingerprint density at radius 1 is 1.33 bits per heavy atom. The van der Waals surface area contributed by atoms with Gasteiger partial charge in [0.2, 0.25) is 0 Å². The Hall–Kier alpha value is -2.28. The van der Waals surface area contributed by atoms with Gasteiger partial charge in [0.05, 0.1) is 7.11 Å². The Balaban J connectivity index is 2.28. The van der Waals surface area contributed by atoms with Crippen molar-refractivity contribution in [3.63, 3.8) is 0 Å². The topological polar surface area (TPSA) is 79.1 Å². The van der Waals surface area contributed by atoms with Gasteiger partial charge in [0.1, 0.15) is 5.69 Å². The van der Waals surface area contributed by atoms with E-state index in [1.165, 1.54) is 7.11 Å². The number of pyridine rings is 1. The Bertz CT molecular complexity index is 583. The van der Waals surface area contributed by atoms with Crippen molar-refractivity contribution in [2.75, 3.05) is 20.3 Å². The molecule has 7 heteroatoms. The van der Waals surface area contributed by atoms with Gasteiger partial charge in [0, 0.05) is 37.7 Å². The third kappa shape index (κ3) is 3.63. The van der Waals surface area contributed by atoms with E-state index in [0.717, 1.165) is 12.0 Å². The van der Waals surface area contributed by atoms with Crippen LogP contribution in [-0.4, -0.2) is 46.3 Å². The van der Waals surface area contributed by atoms with E-state index >= 15 is 0 Å². The summed E-state index contributed by atoms with van der Waals surface area (Å²) in [6.07, 6.45) is 4.11. The maximum absolute atomic E-state index is 11.8. The van der Waals surface area contributed by atoms with Crippen molar-refractivity contribution in [2.45, 2.75) is 19.9 Å². The molecule has 0 fully saturated rings. The van der Waals surface area contributed by atoms with Crippen molar-refractivity contribution >= 4 is 5.97 Å². The van der Waals surface area contributed by atoms with E-state index in [1.54, 1.807) is 17.1 Å². The molecule has 0 atom stereocenters. The average molecular weight is 290 g/mol. The number of nitrogens with zero attached hydrogens (tertiary/aromatic N) is 4. The van der Waals surface area contributed by atoms with Crippen LogP contribution in [0.5, 0.6) is 0 Å². The van der Waals surface area contributed by atoms with Gasteiger partial charge < -0.3 is 9.47 Å². The molecule has 21 heavy (non-hydrogen) atoms. The molecule has 0 saturated heterocycles. The zero-order chi connectivity index (χ0) is 15.1. The summed E-state index contributed by atoms with van der Waals surface area (Å²) in [5.74, 6) is -0.502. The molecule has 0 bridgehead atoms. The van der Waals surface area contributed by atoms with E-state index < -0.39 is 5.97 Å². The smallest absolute Gasteiger partial charge is 0.360 e. The zero-order valence-electron chi connectivity index (χ0n) is 12.2. The molecule has 0 spiro atoms. The van der Waals surface area contributed by atoms with E-state index in [-0.39, 0.29) is 5.69 Å². The molecule has 2 heterocycles. The minimum atomic E-state index is -0.502. The minimum absolute atomic E-state index is 0.208. The maximum atomic E-state index is 11.8. The van der Waals surface area contributed by atoms with Crippen LogP contribution in [0.1, 0.15) is 23.8 Å². The van der Waals surface area contributed by atoms with Crippen LogP contribution >= 0.6 is 0 Å². The fourth-order valence-corrected chi connectivity index (χ4v) is 1.96. The van der Waals surface area contributed by atoms with Gasteiger partial charge in [-0.2, -0.15) is 0 Å². The van der Waals surface area contributed by atoms with Gasteiger partial charge in [-0.3, -0.25) is 4.98 Å². The molecule has 0 aliphatic heterocycles. The van der Waals surface area contributed by atoms with E-state index in [4.69, 9.17) is 9.47 Å². The summed E-state index contributed by atoms with van der Waals surface area (Å²) in [6, 6.07) is 3.62. The first-order valence-corrected chi connectivity index (χ1v) is 6.77.